The molecule has 3 N–H and O–H groups in total. The number of aromatic hydroxyl groups is 2. The molecule has 31 heavy (non-hydrogen) atoms. The van der Waals surface area contributed by atoms with Gasteiger partial charge in [-0.05, 0) is 38.1 Å². The third-order valence-electron chi connectivity index (χ3n) is 2.97. The Bertz CT molecular complexity index is 780. The van der Waals surface area contributed by atoms with Crippen LogP contribution < -0.4 is 10.2 Å². The summed E-state index contributed by atoms with van der Waals surface area (Å²) in [5, 5.41) is 46.7. The van der Waals surface area contributed by atoms with E-state index >= 15 is 0 Å². The number of aliphatic hydroxyl groups is 1. The van der Waals surface area contributed by atoms with E-state index in [2.05, 4.69) is 9.98 Å². The Morgan fingerprint density at radius 2 is 1.13 bits per heavy atom. The monoisotopic (exact) mass is 522 g/mol. The molecule has 0 atom stereocenters. The van der Waals surface area contributed by atoms with Crippen molar-refractivity contribution in [2.75, 3.05) is 13.1 Å². The summed E-state index contributed by atoms with van der Waals surface area (Å²) in [6.45, 7) is 2.32. The fourth-order valence-corrected chi connectivity index (χ4v) is 1.80. The normalized spacial score (nSPS) is 10.8. The first kappa shape index (κ1) is 30.1. The van der Waals surface area contributed by atoms with Crippen LogP contribution in [-0.4, -0.2) is 58.9 Å². The molecule has 0 aliphatic rings. The van der Waals surface area contributed by atoms with Gasteiger partial charge in [0.15, 0.2) is 0 Å². The molecular weight excluding hydrogens is 499 g/mol. The Hall–Kier alpha value is -3.06. The molecule has 2 aromatic rings. The van der Waals surface area contributed by atoms with Gasteiger partial charge in [-0.25, -0.2) is 0 Å². The van der Waals surface area contributed by atoms with E-state index in [1.165, 1.54) is 12.4 Å². The largest absolute Gasteiger partial charge is 2.00 e. The van der Waals surface area contributed by atoms with Crippen LogP contribution in [0.3, 0.4) is 0 Å². The first-order valence-corrected chi connectivity index (χ1v) is 8.72. The molecule has 9 nitrogen and oxygen atoms in total. The predicted octanol–water partition coefficient (Wildman–Crippen LogP) is -0.493. The topological polar surface area (TPSA) is 166 Å². The Kier molecular flexibility index (Phi) is 17.3. The van der Waals surface area contributed by atoms with Gasteiger partial charge in [0, 0.05) is 35.5 Å². The molecule has 0 bridgehead atoms. The first-order valence-electron chi connectivity index (χ1n) is 8.72. The van der Waals surface area contributed by atoms with Gasteiger partial charge in [-0.3, -0.25) is 9.98 Å². The number of carboxylic acids is 2. The number of aliphatic hydroxyl groups excluding tert-OH is 1. The fourth-order valence-electron chi connectivity index (χ4n) is 1.80. The Morgan fingerprint density at radius 1 is 0.839 bits per heavy atom. The van der Waals surface area contributed by atoms with E-state index in [1.807, 2.05) is 0 Å². The summed E-state index contributed by atoms with van der Waals surface area (Å²) in [7, 11) is 0. The minimum absolute atomic E-state index is 0. The number of benzene rings is 2. The number of nitrogens with zero attached hydrogens (tertiary/aromatic N) is 2. The summed E-state index contributed by atoms with van der Waals surface area (Å²) >= 11 is 0. The molecule has 0 heterocycles. The molecule has 0 unspecified atom stereocenters. The molecule has 0 aromatic heterocycles. The van der Waals surface area contributed by atoms with Crippen LogP contribution in [0.2, 0.25) is 0 Å². The second kappa shape index (κ2) is 17.8. The average molecular weight is 523 g/mol. The number of carboxylic acid groups (broad SMARTS) is 2. The Labute approximate surface area is 194 Å². The van der Waals surface area contributed by atoms with Gasteiger partial charge >= 0.3 is 20.4 Å². The van der Waals surface area contributed by atoms with Gasteiger partial charge in [0.05, 0.1) is 19.2 Å². The van der Waals surface area contributed by atoms with Crippen LogP contribution in [0.25, 0.3) is 0 Å². The van der Waals surface area contributed by atoms with Crippen molar-refractivity contribution >= 4 is 24.4 Å². The quantitative estimate of drug-likeness (QED) is 0.340. The molecule has 0 spiro atoms. The van der Waals surface area contributed by atoms with E-state index in [-0.39, 0.29) is 45.0 Å². The second-order valence-electron chi connectivity index (χ2n) is 5.74. The zero-order chi connectivity index (χ0) is 22.9. The molecule has 0 saturated carbocycles. The minimum Gasteiger partial charge on any atom is -0.550 e. The van der Waals surface area contributed by atoms with Crippen molar-refractivity contribution in [1.82, 2.24) is 0 Å². The number of hydrogen-bond acceptors (Lipinski definition) is 9. The number of carbonyl (C=O) groups excluding carboxylic acids is 2. The maximum Gasteiger partial charge on any atom is 2.00 e. The fraction of sp³-hybridized carbons (Fsp3) is 0.238. The number of aliphatic imine (C=N–C) groups is 2. The van der Waals surface area contributed by atoms with Crippen molar-refractivity contribution in [3.63, 3.8) is 0 Å². The average Bonchev–Trinajstić information content (AvgIpc) is 2.64. The van der Waals surface area contributed by atoms with Gasteiger partial charge in [0.25, 0.3) is 0 Å². The van der Waals surface area contributed by atoms with Crippen LogP contribution in [0.1, 0.15) is 25.0 Å². The van der Waals surface area contributed by atoms with Crippen molar-refractivity contribution < 1.29 is 55.5 Å². The van der Waals surface area contributed by atoms with Crippen molar-refractivity contribution in [2.45, 2.75) is 20.0 Å². The van der Waals surface area contributed by atoms with Crippen LogP contribution in [0, 0.1) is 0 Å². The van der Waals surface area contributed by atoms with Gasteiger partial charge in [-0.2, -0.15) is 0 Å². The predicted molar refractivity (Wildman–Crippen MR) is 109 cm³/mol. The van der Waals surface area contributed by atoms with Gasteiger partial charge in [0.2, 0.25) is 0 Å². The van der Waals surface area contributed by atoms with Crippen molar-refractivity contribution in [2.24, 2.45) is 9.98 Å². The molecule has 0 radical (unpaired) electrons. The van der Waals surface area contributed by atoms with Crippen LogP contribution in [0.5, 0.6) is 11.5 Å². The Morgan fingerprint density at radius 3 is 1.42 bits per heavy atom. The summed E-state index contributed by atoms with van der Waals surface area (Å²) in [6.07, 6.45) is 2.32. The molecule has 0 fully saturated rings. The maximum absolute atomic E-state index is 9.79. The third-order valence-corrected chi connectivity index (χ3v) is 2.97. The van der Waals surface area contributed by atoms with Gasteiger partial charge < -0.3 is 35.1 Å². The number of phenols is 2. The summed E-state index contributed by atoms with van der Waals surface area (Å²) in [5.74, 6) is -1.86. The van der Waals surface area contributed by atoms with Gasteiger partial charge in [-0.1, -0.05) is 24.3 Å². The molecule has 10 heteroatoms. The molecule has 0 saturated heterocycles. The number of phenolic OH excluding ortho intramolecular Hbond substituents is 2. The van der Waals surface area contributed by atoms with Gasteiger partial charge in [0.1, 0.15) is 11.5 Å². The molecule has 170 valence electrons. The zero-order valence-electron chi connectivity index (χ0n) is 17.0. The number of rotatable bonds is 6. The standard InChI is InChI=1S/C17H18N2O3.2C2H4O2.Pd/c20-15(11-18-9-13-5-1-3-7-16(13)21)12-19-10-14-6-2-4-8-17(14)22;2*1-2(3)4;/h1-10,15,20-22H,11-12H2;2*1H3,(H,3,4);/q;;;+2/p-2. The molecular formula is C21H24N2O7Pd. The zero-order valence-corrected chi connectivity index (χ0v) is 18.5. The van der Waals surface area contributed by atoms with Crippen LogP contribution in [-0.2, 0) is 30.0 Å². The van der Waals surface area contributed by atoms with Crippen LogP contribution in [0.15, 0.2) is 58.5 Å². The van der Waals surface area contributed by atoms with Gasteiger partial charge in [-0.15, -0.1) is 0 Å². The third kappa shape index (κ3) is 17.5. The molecule has 0 aliphatic heterocycles. The molecule has 2 aromatic carbocycles. The first-order chi connectivity index (χ1) is 14.1. The van der Waals surface area contributed by atoms with Crippen LogP contribution >= 0.6 is 0 Å². The van der Waals surface area contributed by atoms with Crippen molar-refractivity contribution in [3.8, 4) is 11.5 Å². The molecule has 2 rings (SSSR count). The van der Waals surface area contributed by atoms with E-state index in [0.29, 0.717) is 11.1 Å². The van der Waals surface area contributed by atoms with Crippen molar-refractivity contribution in [3.05, 3.63) is 59.7 Å². The number of para-hydroxylation sites is 2. The van der Waals surface area contributed by atoms with E-state index < -0.39 is 18.0 Å². The summed E-state index contributed by atoms with van der Waals surface area (Å²) < 4.78 is 0. The second-order valence-corrected chi connectivity index (χ2v) is 5.74. The summed E-state index contributed by atoms with van der Waals surface area (Å²) in [5.41, 5.74) is 1.21. The Balaban J connectivity index is 0. The maximum atomic E-state index is 9.79. The number of hydrogen-bond donors (Lipinski definition) is 3. The minimum atomic E-state index is -1.08. The molecule has 0 amide bonds. The SMILES string of the molecule is CC(=O)[O-].CC(=O)[O-].Oc1ccccc1C=NCC(O)CN=Cc1ccccc1O.[Pd+2]. The van der Waals surface area contributed by atoms with Crippen LogP contribution in [0.4, 0.5) is 0 Å². The van der Waals surface area contributed by atoms with E-state index in [1.54, 1.807) is 48.5 Å². The molecule has 0 aliphatic carbocycles. The number of aliphatic carboxylic acids is 2. The van der Waals surface area contributed by atoms with E-state index in [4.69, 9.17) is 19.8 Å². The van der Waals surface area contributed by atoms with Crippen molar-refractivity contribution in [1.29, 1.82) is 0 Å². The van der Waals surface area contributed by atoms with E-state index in [0.717, 1.165) is 13.8 Å². The summed E-state index contributed by atoms with van der Waals surface area (Å²) in [6, 6.07) is 13.7. The van der Waals surface area contributed by atoms with E-state index in [9.17, 15) is 15.3 Å². The summed E-state index contributed by atoms with van der Waals surface area (Å²) in [4.78, 5) is 26.0. The smallest absolute Gasteiger partial charge is 0.550 e. The number of carbonyl (C=O) groups is 2.